The van der Waals surface area contributed by atoms with Crippen molar-refractivity contribution in [2.24, 2.45) is 10.7 Å². The summed E-state index contributed by atoms with van der Waals surface area (Å²) in [6.07, 6.45) is 8.11. The summed E-state index contributed by atoms with van der Waals surface area (Å²) >= 11 is 0. The van der Waals surface area contributed by atoms with Crippen LogP contribution in [0.2, 0.25) is 0 Å². The van der Waals surface area contributed by atoms with E-state index in [1.165, 1.54) is 25.7 Å². The Morgan fingerprint density at radius 3 is 2.42 bits per heavy atom. The average Bonchev–Trinajstić information content (AvgIpc) is 2.82. The maximum atomic E-state index is 12.2. The third-order valence-electron chi connectivity index (χ3n) is 4.90. The number of likely N-dealkylation sites (tertiary alicyclic amines) is 2. The normalized spacial score (nSPS) is 22.8. The van der Waals surface area contributed by atoms with E-state index in [0.717, 1.165) is 52.0 Å². The van der Waals surface area contributed by atoms with Gasteiger partial charge in [0.25, 0.3) is 0 Å². The maximum absolute atomic E-state index is 12.2. The molecule has 0 radical (unpaired) electrons. The number of hydrogen-bond acceptors (Lipinski definition) is 3. The summed E-state index contributed by atoms with van der Waals surface area (Å²) in [7, 11) is 3.68. The van der Waals surface area contributed by atoms with E-state index in [2.05, 4.69) is 14.8 Å². The van der Waals surface area contributed by atoms with Crippen LogP contribution in [0.5, 0.6) is 0 Å². The van der Waals surface area contributed by atoms with Gasteiger partial charge in [0.2, 0.25) is 5.91 Å². The molecular formula is C17H34IN5O. The van der Waals surface area contributed by atoms with Crippen molar-refractivity contribution < 1.29 is 4.79 Å². The minimum atomic E-state index is 0. The van der Waals surface area contributed by atoms with Gasteiger partial charge < -0.3 is 15.5 Å². The van der Waals surface area contributed by atoms with Gasteiger partial charge in [0.1, 0.15) is 0 Å². The van der Waals surface area contributed by atoms with Gasteiger partial charge in [-0.15, -0.1) is 24.0 Å². The zero-order chi connectivity index (χ0) is 16.7. The predicted molar refractivity (Wildman–Crippen MR) is 110 cm³/mol. The quantitative estimate of drug-likeness (QED) is 0.299. The molecule has 1 atom stereocenters. The van der Waals surface area contributed by atoms with Crippen LogP contribution in [0.1, 0.15) is 44.9 Å². The van der Waals surface area contributed by atoms with Crippen LogP contribution >= 0.6 is 24.0 Å². The Labute approximate surface area is 163 Å². The molecule has 7 heteroatoms. The molecule has 2 aliphatic heterocycles. The Morgan fingerprint density at radius 1 is 1.12 bits per heavy atom. The molecule has 0 spiro atoms. The van der Waals surface area contributed by atoms with Crippen LogP contribution in [0.3, 0.4) is 0 Å². The highest BCUT2D eigenvalue weighted by Crippen LogP contribution is 2.18. The molecule has 6 nitrogen and oxygen atoms in total. The van der Waals surface area contributed by atoms with Crippen molar-refractivity contribution in [3.05, 3.63) is 0 Å². The number of guanidine groups is 1. The van der Waals surface area contributed by atoms with Crippen LogP contribution in [0, 0.1) is 0 Å². The van der Waals surface area contributed by atoms with Gasteiger partial charge >= 0.3 is 0 Å². The zero-order valence-electron chi connectivity index (χ0n) is 15.2. The predicted octanol–water partition coefficient (Wildman–Crippen LogP) is 1.74. The fourth-order valence-corrected chi connectivity index (χ4v) is 3.54. The van der Waals surface area contributed by atoms with Crippen molar-refractivity contribution in [3.63, 3.8) is 0 Å². The Hall–Kier alpha value is -0.570. The second kappa shape index (κ2) is 11.1. The fourth-order valence-electron chi connectivity index (χ4n) is 3.54. The molecule has 2 heterocycles. The van der Waals surface area contributed by atoms with E-state index in [0.29, 0.717) is 5.96 Å². The van der Waals surface area contributed by atoms with Gasteiger partial charge in [0.15, 0.2) is 5.96 Å². The molecule has 0 aromatic rings. The van der Waals surface area contributed by atoms with Gasteiger partial charge in [-0.25, -0.2) is 0 Å². The number of halogens is 1. The summed E-state index contributed by atoms with van der Waals surface area (Å²) < 4.78 is 0. The Morgan fingerprint density at radius 2 is 1.79 bits per heavy atom. The lowest BCUT2D eigenvalue weighted by Gasteiger charge is -2.26. The molecule has 0 bridgehead atoms. The van der Waals surface area contributed by atoms with Crippen molar-refractivity contribution in [1.29, 1.82) is 0 Å². The lowest BCUT2D eigenvalue weighted by molar-refractivity contribution is -0.133. The van der Waals surface area contributed by atoms with Gasteiger partial charge in [-0.1, -0.05) is 12.8 Å². The van der Waals surface area contributed by atoms with Gasteiger partial charge in [-0.2, -0.15) is 0 Å². The van der Waals surface area contributed by atoms with E-state index < -0.39 is 0 Å². The van der Waals surface area contributed by atoms with E-state index in [4.69, 9.17) is 5.73 Å². The SMILES string of the molecule is CN(C)C(=O)C1CCCN1CCCN=C(N)N1CCCCCC1.I. The van der Waals surface area contributed by atoms with Crippen LogP contribution in [0.4, 0.5) is 0 Å². The number of likely N-dealkylation sites (N-methyl/N-ethyl adjacent to an activating group) is 1. The minimum Gasteiger partial charge on any atom is -0.370 e. The number of amides is 1. The van der Waals surface area contributed by atoms with Crippen molar-refractivity contribution >= 4 is 35.8 Å². The van der Waals surface area contributed by atoms with Crippen LogP contribution in [0.15, 0.2) is 4.99 Å². The van der Waals surface area contributed by atoms with E-state index in [1.54, 1.807) is 4.90 Å². The summed E-state index contributed by atoms with van der Waals surface area (Å²) in [6.45, 7) is 4.79. The summed E-state index contributed by atoms with van der Waals surface area (Å²) in [6, 6.07) is 0.0666. The van der Waals surface area contributed by atoms with Crippen LogP contribution in [-0.2, 0) is 4.79 Å². The zero-order valence-corrected chi connectivity index (χ0v) is 17.6. The largest absolute Gasteiger partial charge is 0.370 e. The molecule has 2 saturated heterocycles. The molecule has 140 valence electrons. The van der Waals surface area contributed by atoms with Gasteiger partial charge in [0.05, 0.1) is 6.04 Å². The first kappa shape index (κ1) is 21.5. The number of carbonyl (C=O) groups is 1. The van der Waals surface area contributed by atoms with Gasteiger partial charge in [-0.05, 0) is 38.6 Å². The lowest BCUT2D eigenvalue weighted by Crippen LogP contribution is -2.43. The molecule has 2 fully saturated rings. The number of rotatable bonds is 5. The number of nitrogens with zero attached hydrogens (tertiary/aromatic N) is 4. The summed E-state index contributed by atoms with van der Waals surface area (Å²) in [5, 5.41) is 0. The molecule has 1 amide bonds. The molecule has 2 aliphatic rings. The first-order valence-electron chi connectivity index (χ1n) is 9.09. The second-order valence-corrected chi connectivity index (χ2v) is 6.92. The summed E-state index contributed by atoms with van der Waals surface area (Å²) in [5.41, 5.74) is 6.13. The molecule has 2 rings (SSSR count). The highest BCUT2D eigenvalue weighted by Gasteiger charge is 2.30. The smallest absolute Gasteiger partial charge is 0.239 e. The van der Waals surface area contributed by atoms with E-state index in [-0.39, 0.29) is 35.9 Å². The van der Waals surface area contributed by atoms with Crippen molar-refractivity contribution in [3.8, 4) is 0 Å². The molecule has 2 N–H and O–H groups in total. The molecule has 0 aliphatic carbocycles. The highest BCUT2D eigenvalue weighted by atomic mass is 127. The number of aliphatic imine (C=N–C) groups is 1. The highest BCUT2D eigenvalue weighted by molar-refractivity contribution is 14.0. The Bertz CT molecular complexity index is 408. The van der Waals surface area contributed by atoms with Crippen LogP contribution in [0.25, 0.3) is 0 Å². The van der Waals surface area contributed by atoms with E-state index in [1.807, 2.05) is 14.1 Å². The third kappa shape index (κ3) is 6.38. The number of nitrogens with two attached hydrogens (primary N) is 1. The summed E-state index contributed by atoms with van der Waals surface area (Å²) in [4.78, 5) is 23.0. The topological polar surface area (TPSA) is 65.2 Å². The van der Waals surface area contributed by atoms with Crippen LogP contribution < -0.4 is 5.73 Å². The van der Waals surface area contributed by atoms with Gasteiger partial charge in [0, 0.05) is 40.3 Å². The Balaban J connectivity index is 0.00000288. The van der Waals surface area contributed by atoms with Crippen LogP contribution in [-0.4, -0.2) is 79.4 Å². The molecule has 24 heavy (non-hydrogen) atoms. The summed E-state index contributed by atoms with van der Waals surface area (Å²) in [5.74, 6) is 0.935. The van der Waals surface area contributed by atoms with Gasteiger partial charge in [-0.3, -0.25) is 14.7 Å². The monoisotopic (exact) mass is 451 g/mol. The van der Waals surface area contributed by atoms with E-state index >= 15 is 0 Å². The van der Waals surface area contributed by atoms with E-state index in [9.17, 15) is 4.79 Å². The standard InChI is InChI=1S/C17H33N5O.HI/c1-20(2)16(23)15-9-7-13-21(15)14-8-10-19-17(18)22-11-5-3-4-6-12-22;/h15H,3-14H2,1-2H3,(H2,18,19);1H. The van der Waals surface area contributed by atoms with Crippen molar-refractivity contribution in [2.45, 2.75) is 51.0 Å². The average molecular weight is 451 g/mol. The number of hydrogen-bond donors (Lipinski definition) is 1. The molecular weight excluding hydrogens is 417 g/mol. The molecule has 1 unspecified atom stereocenters. The minimum absolute atomic E-state index is 0. The van der Waals surface area contributed by atoms with Crippen molar-refractivity contribution in [1.82, 2.24) is 14.7 Å². The second-order valence-electron chi connectivity index (χ2n) is 6.92. The molecule has 0 saturated carbocycles. The third-order valence-corrected chi connectivity index (χ3v) is 4.90. The molecule has 0 aromatic heterocycles. The lowest BCUT2D eigenvalue weighted by atomic mass is 10.2. The molecule has 0 aromatic carbocycles. The van der Waals surface area contributed by atoms with Crippen molar-refractivity contribution in [2.75, 3.05) is 46.8 Å². The first-order chi connectivity index (χ1) is 11.1. The fraction of sp³-hybridized carbons (Fsp3) is 0.882. The number of carbonyl (C=O) groups excluding carboxylic acids is 1. The first-order valence-corrected chi connectivity index (χ1v) is 9.09. The maximum Gasteiger partial charge on any atom is 0.239 e. The Kier molecular flexibility index (Phi) is 9.95.